The lowest BCUT2D eigenvalue weighted by atomic mass is 10.1. The molecule has 0 aliphatic heterocycles. The van der Waals surface area contributed by atoms with E-state index in [-0.39, 0.29) is 10.6 Å². The van der Waals surface area contributed by atoms with Crippen LogP contribution >= 0.6 is 11.3 Å². The molecule has 0 bridgehead atoms. The molecule has 5 nitrogen and oxygen atoms in total. The number of aryl methyl sites for hydroxylation is 3. The maximum absolute atomic E-state index is 12.3. The van der Waals surface area contributed by atoms with Crippen molar-refractivity contribution in [2.75, 3.05) is 10.5 Å². The highest BCUT2D eigenvalue weighted by Crippen LogP contribution is 2.26. The molecule has 1 aromatic heterocycles. The Balaban J connectivity index is 2.42. The lowest BCUT2D eigenvalue weighted by Crippen LogP contribution is -2.15. The van der Waals surface area contributed by atoms with E-state index < -0.39 is 10.0 Å². The van der Waals surface area contributed by atoms with Gasteiger partial charge in [0.25, 0.3) is 10.0 Å². The number of rotatable bonds is 3. The van der Waals surface area contributed by atoms with Gasteiger partial charge in [0, 0.05) is 11.1 Å². The molecular formula is C12H15N3O2S2. The molecule has 0 amide bonds. The normalized spacial score (nSPS) is 11.5. The van der Waals surface area contributed by atoms with E-state index in [1.807, 2.05) is 20.8 Å². The summed E-state index contributed by atoms with van der Waals surface area (Å²) in [7, 11) is -3.70. The van der Waals surface area contributed by atoms with E-state index in [2.05, 4.69) is 9.71 Å². The first-order chi connectivity index (χ1) is 8.79. The zero-order valence-electron chi connectivity index (χ0n) is 10.9. The van der Waals surface area contributed by atoms with Crippen LogP contribution in [0.25, 0.3) is 0 Å². The number of hydrogen-bond acceptors (Lipinski definition) is 5. The Labute approximate surface area is 116 Å². The minimum Gasteiger partial charge on any atom is -0.398 e. The summed E-state index contributed by atoms with van der Waals surface area (Å²) in [5, 5.41) is 0.343. The number of nitrogens with one attached hydrogen (secondary N) is 1. The highest BCUT2D eigenvalue weighted by Gasteiger charge is 2.19. The number of thiazole rings is 1. The van der Waals surface area contributed by atoms with Crippen LogP contribution in [-0.2, 0) is 10.0 Å². The molecule has 2 aromatic rings. The molecule has 0 aliphatic carbocycles. The van der Waals surface area contributed by atoms with Crippen LogP contribution in [0.2, 0.25) is 0 Å². The standard InChI is InChI=1S/C12H15N3O2S2/c1-7-4-10(13)11(5-8(7)2)19(16,17)15-12-14-6-9(3)18-12/h4-6H,13H2,1-3H3,(H,14,15). The van der Waals surface area contributed by atoms with E-state index in [9.17, 15) is 8.42 Å². The van der Waals surface area contributed by atoms with E-state index >= 15 is 0 Å². The van der Waals surface area contributed by atoms with Crippen LogP contribution in [0.4, 0.5) is 10.8 Å². The van der Waals surface area contributed by atoms with Crippen LogP contribution < -0.4 is 10.5 Å². The summed E-state index contributed by atoms with van der Waals surface area (Å²) in [6.45, 7) is 5.60. The largest absolute Gasteiger partial charge is 0.398 e. The van der Waals surface area contributed by atoms with Crippen molar-refractivity contribution in [1.82, 2.24) is 4.98 Å². The van der Waals surface area contributed by atoms with Gasteiger partial charge in [-0.2, -0.15) is 0 Å². The number of hydrogen-bond donors (Lipinski definition) is 2. The van der Waals surface area contributed by atoms with Gasteiger partial charge in [-0.15, -0.1) is 11.3 Å². The molecule has 0 radical (unpaired) electrons. The molecule has 0 atom stereocenters. The quantitative estimate of drug-likeness (QED) is 0.852. The lowest BCUT2D eigenvalue weighted by molar-refractivity contribution is 0.601. The Morgan fingerprint density at radius 3 is 2.42 bits per heavy atom. The molecule has 0 fully saturated rings. The van der Waals surface area contributed by atoms with Crippen LogP contribution in [0.15, 0.2) is 23.2 Å². The molecule has 102 valence electrons. The van der Waals surface area contributed by atoms with E-state index in [1.165, 1.54) is 11.3 Å². The summed E-state index contributed by atoms with van der Waals surface area (Å²) in [5.74, 6) is 0. The van der Waals surface area contributed by atoms with E-state index in [1.54, 1.807) is 18.3 Å². The fraction of sp³-hybridized carbons (Fsp3) is 0.250. The number of sulfonamides is 1. The molecule has 7 heteroatoms. The smallest absolute Gasteiger partial charge is 0.265 e. The average Bonchev–Trinajstić information content (AvgIpc) is 2.68. The van der Waals surface area contributed by atoms with Gasteiger partial charge in [-0.25, -0.2) is 13.4 Å². The summed E-state index contributed by atoms with van der Waals surface area (Å²) in [4.78, 5) is 5.01. The minimum absolute atomic E-state index is 0.0865. The Kier molecular flexibility index (Phi) is 3.51. The van der Waals surface area contributed by atoms with Gasteiger partial charge >= 0.3 is 0 Å². The third-order valence-corrected chi connectivity index (χ3v) is 5.11. The lowest BCUT2D eigenvalue weighted by Gasteiger charge is -2.10. The summed E-state index contributed by atoms with van der Waals surface area (Å²) in [6, 6.07) is 3.24. The van der Waals surface area contributed by atoms with Gasteiger partial charge < -0.3 is 5.73 Å². The predicted octanol–water partition coefficient (Wildman–Crippen LogP) is 2.45. The van der Waals surface area contributed by atoms with Crippen molar-refractivity contribution >= 4 is 32.2 Å². The van der Waals surface area contributed by atoms with Gasteiger partial charge in [-0.3, -0.25) is 4.72 Å². The summed E-state index contributed by atoms with van der Waals surface area (Å²) < 4.78 is 27.0. The van der Waals surface area contributed by atoms with Crippen LogP contribution in [0.3, 0.4) is 0 Å². The van der Waals surface area contributed by atoms with Gasteiger partial charge in [0.15, 0.2) is 5.13 Å². The van der Waals surface area contributed by atoms with Crippen molar-refractivity contribution in [3.05, 3.63) is 34.3 Å². The van der Waals surface area contributed by atoms with Crippen LogP contribution in [0.1, 0.15) is 16.0 Å². The Bertz CT molecular complexity index is 721. The second-order valence-corrected chi connectivity index (χ2v) is 7.24. The first-order valence-corrected chi connectivity index (χ1v) is 7.91. The van der Waals surface area contributed by atoms with Crippen LogP contribution in [0, 0.1) is 20.8 Å². The molecule has 0 saturated carbocycles. The molecular weight excluding hydrogens is 282 g/mol. The predicted molar refractivity (Wildman–Crippen MR) is 78.0 cm³/mol. The summed E-state index contributed by atoms with van der Waals surface area (Å²) >= 11 is 1.28. The second-order valence-electron chi connectivity index (χ2n) is 4.36. The molecule has 0 aliphatic rings. The number of nitrogens with zero attached hydrogens (tertiary/aromatic N) is 1. The number of nitrogens with two attached hydrogens (primary N) is 1. The van der Waals surface area contributed by atoms with Gasteiger partial charge in [0.1, 0.15) is 4.90 Å². The first kappa shape index (κ1) is 13.8. The first-order valence-electron chi connectivity index (χ1n) is 5.61. The van der Waals surface area contributed by atoms with E-state index in [0.29, 0.717) is 5.13 Å². The average molecular weight is 297 g/mol. The molecule has 1 aromatic carbocycles. The minimum atomic E-state index is -3.70. The van der Waals surface area contributed by atoms with Gasteiger partial charge in [-0.1, -0.05) is 0 Å². The van der Waals surface area contributed by atoms with Crippen molar-refractivity contribution in [3.63, 3.8) is 0 Å². The van der Waals surface area contributed by atoms with Crippen molar-refractivity contribution in [2.24, 2.45) is 0 Å². The SMILES string of the molecule is Cc1cnc(NS(=O)(=O)c2cc(C)c(C)cc2N)s1. The van der Waals surface area contributed by atoms with Gasteiger partial charge in [-0.05, 0) is 44.0 Å². The number of aromatic nitrogens is 1. The monoisotopic (exact) mass is 297 g/mol. The van der Waals surface area contributed by atoms with Crippen LogP contribution in [0.5, 0.6) is 0 Å². The number of benzene rings is 1. The zero-order valence-corrected chi connectivity index (χ0v) is 12.5. The maximum Gasteiger partial charge on any atom is 0.265 e. The van der Waals surface area contributed by atoms with Gasteiger partial charge in [0.2, 0.25) is 0 Å². The van der Waals surface area contributed by atoms with E-state index in [4.69, 9.17) is 5.73 Å². The fourth-order valence-corrected chi connectivity index (χ4v) is 3.72. The molecule has 19 heavy (non-hydrogen) atoms. The third-order valence-electron chi connectivity index (χ3n) is 2.76. The molecule has 0 unspecified atom stereocenters. The topological polar surface area (TPSA) is 85.1 Å². The molecule has 1 heterocycles. The van der Waals surface area contributed by atoms with Crippen molar-refractivity contribution in [3.8, 4) is 0 Å². The number of nitrogen functional groups attached to an aromatic ring is 1. The summed E-state index contributed by atoms with van der Waals surface area (Å²) in [5.41, 5.74) is 7.88. The van der Waals surface area contributed by atoms with Crippen molar-refractivity contribution in [1.29, 1.82) is 0 Å². The molecule has 0 saturated heterocycles. The van der Waals surface area contributed by atoms with Crippen molar-refractivity contribution < 1.29 is 8.42 Å². The van der Waals surface area contributed by atoms with Crippen LogP contribution in [-0.4, -0.2) is 13.4 Å². The number of anilines is 2. The third kappa shape index (κ3) is 2.87. The Morgan fingerprint density at radius 1 is 1.21 bits per heavy atom. The van der Waals surface area contributed by atoms with E-state index in [0.717, 1.165) is 16.0 Å². The maximum atomic E-state index is 12.3. The molecule has 2 rings (SSSR count). The fourth-order valence-electron chi connectivity index (χ4n) is 1.62. The second kappa shape index (κ2) is 4.82. The zero-order chi connectivity index (χ0) is 14.2. The highest BCUT2D eigenvalue weighted by atomic mass is 32.2. The van der Waals surface area contributed by atoms with Gasteiger partial charge in [0.05, 0.1) is 5.69 Å². The van der Waals surface area contributed by atoms with Crippen molar-refractivity contribution in [2.45, 2.75) is 25.7 Å². The summed E-state index contributed by atoms with van der Waals surface area (Å²) in [6.07, 6.45) is 1.62. The Hall–Kier alpha value is -1.60. The Morgan fingerprint density at radius 2 is 1.84 bits per heavy atom. The highest BCUT2D eigenvalue weighted by molar-refractivity contribution is 7.93. The molecule has 0 spiro atoms. The molecule has 3 N–H and O–H groups in total.